The van der Waals surface area contributed by atoms with Crippen LogP contribution in [0, 0.1) is 5.92 Å². The average Bonchev–Trinajstić information content (AvgIpc) is 2.64. The highest BCUT2D eigenvalue weighted by Gasteiger charge is 2.30. The maximum Gasteiger partial charge on any atom is 0.212 e. The molecule has 3 atom stereocenters. The monoisotopic (exact) mass is 262 g/mol. The summed E-state index contributed by atoms with van der Waals surface area (Å²) in [5, 5.41) is 3.24. The Kier molecular flexibility index (Phi) is 4.41. The first-order valence-corrected chi connectivity index (χ1v) is 8.04. The van der Waals surface area contributed by atoms with E-state index in [0.29, 0.717) is 6.61 Å². The molecule has 5 nitrogen and oxygen atoms in total. The number of sulfonamides is 1. The van der Waals surface area contributed by atoms with Crippen LogP contribution in [0.3, 0.4) is 0 Å². The fourth-order valence-electron chi connectivity index (χ4n) is 2.54. The third kappa shape index (κ3) is 3.91. The van der Waals surface area contributed by atoms with Crippen molar-refractivity contribution in [1.82, 2.24) is 10.0 Å². The van der Waals surface area contributed by atoms with Gasteiger partial charge in [-0.1, -0.05) is 0 Å². The first-order chi connectivity index (χ1) is 8.07. The fourth-order valence-corrected chi connectivity index (χ4v) is 4.31. The van der Waals surface area contributed by atoms with Gasteiger partial charge in [0.05, 0.1) is 11.9 Å². The SMILES string of the molecule is CC1OCCC1NS(=O)(=O)CC1CCCNC1. The van der Waals surface area contributed by atoms with Crippen molar-refractivity contribution in [2.45, 2.75) is 38.3 Å². The van der Waals surface area contributed by atoms with E-state index in [1.54, 1.807) is 0 Å². The molecule has 0 aromatic rings. The van der Waals surface area contributed by atoms with Gasteiger partial charge in [-0.05, 0) is 45.2 Å². The molecule has 6 heteroatoms. The molecule has 2 aliphatic heterocycles. The van der Waals surface area contributed by atoms with E-state index in [1.807, 2.05) is 6.92 Å². The lowest BCUT2D eigenvalue weighted by Gasteiger charge is -2.24. The molecule has 0 saturated carbocycles. The van der Waals surface area contributed by atoms with Crippen LogP contribution in [0.15, 0.2) is 0 Å². The highest BCUT2D eigenvalue weighted by molar-refractivity contribution is 7.89. The van der Waals surface area contributed by atoms with Gasteiger partial charge < -0.3 is 10.1 Å². The molecule has 0 amide bonds. The number of rotatable bonds is 4. The van der Waals surface area contributed by atoms with Crippen LogP contribution in [0.5, 0.6) is 0 Å². The molecule has 0 radical (unpaired) electrons. The van der Waals surface area contributed by atoms with Crippen molar-refractivity contribution in [3.05, 3.63) is 0 Å². The largest absolute Gasteiger partial charge is 0.377 e. The van der Waals surface area contributed by atoms with Gasteiger partial charge in [-0.3, -0.25) is 0 Å². The number of hydrogen-bond acceptors (Lipinski definition) is 4. The molecular formula is C11H22N2O3S. The van der Waals surface area contributed by atoms with Gasteiger partial charge in [-0.2, -0.15) is 0 Å². The van der Waals surface area contributed by atoms with Crippen LogP contribution in [-0.4, -0.2) is 46.0 Å². The standard InChI is InChI=1S/C11H22N2O3S/c1-9-11(4-6-16-9)13-17(14,15)8-10-3-2-5-12-7-10/h9-13H,2-8H2,1H3. The Morgan fingerprint density at radius 3 is 2.82 bits per heavy atom. The van der Waals surface area contributed by atoms with Crippen molar-refractivity contribution in [3.63, 3.8) is 0 Å². The highest BCUT2D eigenvalue weighted by Crippen LogP contribution is 2.16. The summed E-state index contributed by atoms with van der Waals surface area (Å²) in [7, 11) is -3.17. The van der Waals surface area contributed by atoms with Gasteiger partial charge in [0.1, 0.15) is 0 Å². The second-order valence-corrected chi connectivity index (χ2v) is 6.88. The molecule has 2 N–H and O–H groups in total. The van der Waals surface area contributed by atoms with E-state index in [1.165, 1.54) is 0 Å². The van der Waals surface area contributed by atoms with E-state index < -0.39 is 10.0 Å². The van der Waals surface area contributed by atoms with Crippen molar-refractivity contribution < 1.29 is 13.2 Å². The Hall–Kier alpha value is -0.170. The quantitative estimate of drug-likeness (QED) is 0.753. The minimum Gasteiger partial charge on any atom is -0.377 e. The summed E-state index contributed by atoms with van der Waals surface area (Å²) in [6, 6.07) is -0.0449. The summed E-state index contributed by atoms with van der Waals surface area (Å²) >= 11 is 0. The highest BCUT2D eigenvalue weighted by atomic mass is 32.2. The smallest absolute Gasteiger partial charge is 0.212 e. The third-order valence-corrected chi connectivity index (χ3v) is 5.13. The fraction of sp³-hybridized carbons (Fsp3) is 1.00. The van der Waals surface area contributed by atoms with Crippen LogP contribution in [0.25, 0.3) is 0 Å². The van der Waals surface area contributed by atoms with Crippen molar-refractivity contribution in [2.75, 3.05) is 25.4 Å². The molecule has 0 aromatic carbocycles. The minimum absolute atomic E-state index is 0.00532. The molecule has 2 fully saturated rings. The van der Waals surface area contributed by atoms with Crippen LogP contribution in [0.2, 0.25) is 0 Å². The summed E-state index contributed by atoms with van der Waals surface area (Å²) in [6.07, 6.45) is 2.85. The van der Waals surface area contributed by atoms with Crippen molar-refractivity contribution in [2.24, 2.45) is 5.92 Å². The number of hydrogen-bond donors (Lipinski definition) is 2. The Bertz CT molecular complexity index is 339. The van der Waals surface area contributed by atoms with Gasteiger partial charge in [0, 0.05) is 12.6 Å². The van der Waals surface area contributed by atoms with Crippen LogP contribution in [-0.2, 0) is 14.8 Å². The number of ether oxygens (including phenoxy) is 1. The molecular weight excluding hydrogens is 240 g/mol. The van der Waals surface area contributed by atoms with E-state index in [-0.39, 0.29) is 23.8 Å². The summed E-state index contributed by atoms with van der Waals surface area (Å²) < 4.78 is 32.1. The lowest BCUT2D eigenvalue weighted by atomic mass is 10.0. The normalized spacial score (nSPS) is 35.0. The zero-order valence-electron chi connectivity index (χ0n) is 10.3. The third-order valence-electron chi connectivity index (χ3n) is 3.56. The number of piperidine rings is 1. The first kappa shape index (κ1) is 13.3. The molecule has 2 heterocycles. The van der Waals surface area contributed by atoms with E-state index in [2.05, 4.69) is 10.0 Å². The van der Waals surface area contributed by atoms with Crippen molar-refractivity contribution in [1.29, 1.82) is 0 Å². The zero-order chi connectivity index (χ0) is 12.3. The molecule has 0 aromatic heterocycles. The minimum atomic E-state index is -3.17. The Labute approximate surface area is 103 Å². The number of nitrogens with one attached hydrogen (secondary N) is 2. The van der Waals surface area contributed by atoms with Gasteiger partial charge in [0.15, 0.2) is 0 Å². The molecule has 0 bridgehead atoms. The molecule has 2 aliphatic rings. The zero-order valence-corrected chi connectivity index (χ0v) is 11.1. The van der Waals surface area contributed by atoms with Gasteiger partial charge in [0.2, 0.25) is 10.0 Å². The maximum absolute atomic E-state index is 12.0. The molecule has 100 valence electrons. The predicted octanol–water partition coefficient (Wildman–Crippen LogP) is 0.0828. The lowest BCUT2D eigenvalue weighted by Crippen LogP contribution is -2.43. The lowest BCUT2D eigenvalue weighted by molar-refractivity contribution is 0.116. The Balaban J connectivity index is 1.85. The van der Waals surface area contributed by atoms with E-state index in [9.17, 15) is 8.42 Å². The van der Waals surface area contributed by atoms with E-state index in [4.69, 9.17) is 4.74 Å². The second-order valence-electron chi connectivity index (χ2n) is 5.08. The molecule has 2 saturated heterocycles. The van der Waals surface area contributed by atoms with E-state index in [0.717, 1.165) is 32.4 Å². The van der Waals surface area contributed by atoms with Gasteiger partial charge in [-0.25, -0.2) is 13.1 Å². The first-order valence-electron chi connectivity index (χ1n) is 6.39. The summed E-state index contributed by atoms with van der Waals surface area (Å²) in [5.41, 5.74) is 0. The summed E-state index contributed by atoms with van der Waals surface area (Å²) in [4.78, 5) is 0. The van der Waals surface area contributed by atoms with Gasteiger partial charge in [0.25, 0.3) is 0 Å². The van der Waals surface area contributed by atoms with Crippen molar-refractivity contribution >= 4 is 10.0 Å². The van der Waals surface area contributed by atoms with Gasteiger partial charge >= 0.3 is 0 Å². The Morgan fingerprint density at radius 1 is 1.41 bits per heavy atom. The van der Waals surface area contributed by atoms with Crippen LogP contribution >= 0.6 is 0 Å². The molecule has 17 heavy (non-hydrogen) atoms. The molecule has 0 spiro atoms. The van der Waals surface area contributed by atoms with Crippen LogP contribution in [0.1, 0.15) is 26.2 Å². The predicted molar refractivity (Wildman–Crippen MR) is 66.3 cm³/mol. The topological polar surface area (TPSA) is 67.4 Å². The Morgan fingerprint density at radius 2 is 2.24 bits per heavy atom. The van der Waals surface area contributed by atoms with Crippen LogP contribution in [0.4, 0.5) is 0 Å². The van der Waals surface area contributed by atoms with Crippen molar-refractivity contribution in [3.8, 4) is 0 Å². The molecule has 2 rings (SSSR count). The second kappa shape index (κ2) is 5.65. The average molecular weight is 262 g/mol. The van der Waals surface area contributed by atoms with Gasteiger partial charge in [-0.15, -0.1) is 0 Å². The van der Waals surface area contributed by atoms with Crippen LogP contribution < -0.4 is 10.0 Å². The summed E-state index contributed by atoms with van der Waals surface area (Å²) in [6.45, 7) is 4.40. The molecule has 0 aliphatic carbocycles. The van der Waals surface area contributed by atoms with E-state index >= 15 is 0 Å². The summed E-state index contributed by atoms with van der Waals surface area (Å²) in [5.74, 6) is 0.488. The maximum atomic E-state index is 12.0. The molecule has 3 unspecified atom stereocenters.